The van der Waals surface area contributed by atoms with Crippen molar-refractivity contribution in [1.29, 1.82) is 0 Å². The van der Waals surface area contributed by atoms with Gasteiger partial charge in [0.1, 0.15) is 0 Å². The molecule has 1 atom stereocenters. The summed E-state index contributed by atoms with van der Waals surface area (Å²) >= 11 is 0. The molecule has 0 aliphatic carbocycles. The summed E-state index contributed by atoms with van der Waals surface area (Å²) in [6, 6.07) is 5.90. The van der Waals surface area contributed by atoms with Crippen LogP contribution in [-0.2, 0) is 4.79 Å². The first-order valence-corrected chi connectivity index (χ1v) is 7.35. The van der Waals surface area contributed by atoms with E-state index in [1.165, 1.54) is 0 Å². The summed E-state index contributed by atoms with van der Waals surface area (Å²) in [5, 5.41) is 19.7. The van der Waals surface area contributed by atoms with Gasteiger partial charge in [-0.05, 0) is 30.9 Å². The van der Waals surface area contributed by atoms with Gasteiger partial charge in [0.25, 0.3) is 0 Å². The Labute approximate surface area is 129 Å². The molecule has 0 fully saturated rings. The van der Waals surface area contributed by atoms with Crippen LogP contribution in [0.1, 0.15) is 49.7 Å². The quantitative estimate of drug-likeness (QED) is 0.757. The molecular weight excluding hydrogens is 280 g/mol. The van der Waals surface area contributed by atoms with Crippen molar-refractivity contribution < 1.29 is 4.79 Å². The van der Waals surface area contributed by atoms with Crippen molar-refractivity contribution in [3.63, 3.8) is 0 Å². The number of aryl methyl sites for hydroxylation is 1. The molecule has 1 amide bonds. The number of hydrogen-bond acceptors (Lipinski definition) is 5. The molecule has 0 unspecified atom stereocenters. The first kappa shape index (κ1) is 16.1. The lowest BCUT2D eigenvalue weighted by atomic mass is 9.98. The summed E-state index contributed by atoms with van der Waals surface area (Å²) in [4.78, 5) is 12.2. The van der Waals surface area contributed by atoms with Crippen LogP contribution in [0.25, 0.3) is 0 Å². The highest BCUT2D eigenvalue weighted by Gasteiger charge is 2.14. The monoisotopic (exact) mass is 302 g/mol. The molecule has 0 aliphatic heterocycles. The minimum atomic E-state index is -0.147. The van der Waals surface area contributed by atoms with Crippen LogP contribution in [0.4, 0.5) is 5.69 Å². The second kappa shape index (κ2) is 7.13. The van der Waals surface area contributed by atoms with Crippen molar-refractivity contribution in [2.75, 3.05) is 11.9 Å². The molecule has 1 heterocycles. The zero-order valence-electron chi connectivity index (χ0n) is 13.3. The maximum absolute atomic E-state index is 12.2. The average molecular weight is 302 g/mol. The van der Waals surface area contributed by atoms with Gasteiger partial charge in [-0.2, -0.15) is 5.21 Å². The Kier molecular flexibility index (Phi) is 5.21. The van der Waals surface area contributed by atoms with E-state index in [-0.39, 0.29) is 18.5 Å². The average Bonchev–Trinajstić information content (AvgIpc) is 3.01. The summed E-state index contributed by atoms with van der Waals surface area (Å²) in [6.07, 6.45) is 0. The second-order valence-electron chi connectivity index (χ2n) is 5.61. The lowest BCUT2D eigenvalue weighted by Gasteiger charge is -2.17. The van der Waals surface area contributed by atoms with Crippen molar-refractivity contribution in [3.8, 4) is 0 Å². The molecule has 0 saturated carbocycles. The number of hydrogen-bond donors (Lipinski definition) is 3. The zero-order valence-corrected chi connectivity index (χ0v) is 13.3. The van der Waals surface area contributed by atoms with E-state index < -0.39 is 0 Å². The number of aromatic amines is 1. The van der Waals surface area contributed by atoms with Crippen LogP contribution in [0.15, 0.2) is 18.2 Å². The maximum atomic E-state index is 12.2. The molecule has 0 aliphatic rings. The second-order valence-corrected chi connectivity index (χ2v) is 5.61. The molecule has 22 heavy (non-hydrogen) atoms. The first-order valence-electron chi connectivity index (χ1n) is 7.35. The summed E-state index contributed by atoms with van der Waals surface area (Å²) in [5.74, 6) is 0.791. The lowest BCUT2D eigenvalue weighted by Crippen LogP contribution is -2.31. The molecule has 1 aromatic carbocycles. The highest BCUT2D eigenvalue weighted by Crippen LogP contribution is 2.27. The third-order valence-electron chi connectivity index (χ3n) is 3.51. The predicted molar refractivity (Wildman–Crippen MR) is 84.5 cm³/mol. The summed E-state index contributed by atoms with van der Waals surface area (Å²) in [5.41, 5.74) is 3.10. The third-order valence-corrected chi connectivity index (χ3v) is 3.51. The molecule has 2 rings (SSSR count). The number of H-pyrrole nitrogens is 1. The molecular formula is C15H22N6O. The molecule has 7 heteroatoms. The van der Waals surface area contributed by atoms with Gasteiger partial charge in [-0.1, -0.05) is 37.3 Å². The first-order chi connectivity index (χ1) is 10.5. The highest BCUT2D eigenvalue weighted by molar-refractivity contribution is 5.93. The van der Waals surface area contributed by atoms with Gasteiger partial charge in [0.2, 0.25) is 5.91 Å². The third kappa shape index (κ3) is 3.88. The van der Waals surface area contributed by atoms with Crippen molar-refractivity contribution in [3.05, 3.63) is 35.2 Å². The van der Waals surface area contributed by atoms with Gasteiger partial charge in [0.15, 0.2) is 5.82 Å². The molecule has 0 bridgehead atoms. The number of rotatable bonds is 6. The summed E-state index contributed by atoms with van der Waals surface area (Å²) < 4.78 is 0. The number of nitrogens with zero attached hydrogens (tertiary/aromatic N) is 3. The number of benzene rings is 1. The molecule has 0 spiro atoms. The van der Waals surface area contributed by atoms with Gasteiger partial charge in [0, 0.05) is 5.69 Å². The maximum Gasteiger partial charge on any atom is 0.238 e. The Balaban J connectivity index is 1.98. The van der Waals surface area contributed by atoms with E-state index in [1.54, 1.807) is 0 Å². The van der Waals surface area contributed by atoms with E-state index in [0.29, 0.717) is 11.7 Å². The lowest BCUT2D eigenvalue weighted by molar-refractivity contribution is -0.115. The standard InChI is InChI=1S/C15H22N6O/c1-9(2)12-7-5-6-10(3)14(12)17-13(22)8-16-11(4)15-18-20-21-19-15/h5-7,9,11,16H,8H2,1-4H3,(H,17,22)(H,18,19,20,21)/t11-/m0/s1. The van der Waals surface area contributed by atoms with Gasteiger partial charge in [0.05, 0.1) is 12.6 Å². The fourth-order valence-corrected chi connectivity index (χ4v) is 2.22. The van der Waals surface area contributed by atoms with E-state index >= 15 is 0 Å². The molecule has 118 valence electrons. The normalized spacial score (nSPS) is 12.4. The SMILES string of the molecule is Cc1cccc(C(C)C)c1NC(=O)CN[C@@H](C)c1nn[nH]n1. The fraction of sp³-hybridized carbons (Fsp3) is 0.467. The number of tetrazole rings is 1. The van der Waals surface area contributed by atoms with Crippen molar-refractivity contribution in [2.24, 2.45) is 0 Å². The predicted octanol–water partition coefficient (Wildman–Crippen LogP) is 1.92. The van der Waals surface area contributed by atoms with Crippen LogP contribution in [-0.4, -0.2) is 33.1 Å². The molecule has 3 N–H and O–H groups in total. The van der Waals surface area contributed by atoms with E-state index in [2.05, 4.69) is 45.1 Å². The van der Waals surface area contributed by atoms with E-state index in [1.807, 2.05) is 32.0 Å². The largest absolute Gasteiger partial charge is 0.324 e. The number of carbonyl (C=O) groups is 1. The van der Waals surface area contributed by atoms with Gasteiger partial charge in [-0.3, -0.25) is 10.1 Å². The van der Waals surface area contributed by atoms with Crippen LogP contribution < -0.4 is 10.6 Å². The number of carbonyl (C=O) groups excluding carboxylic acids is 1. The van der Waals surface area contributed by atoms with Crippen LogP contribution in [0.3, 0.4) is 0 Å². The van der Waals surface area contributed by atoms with E-state index in [0.717, 1.165) is 16.8 Å². The van der Waals surface area contributed by atoms with Gasteiger partial charge >= 0.3 is 0 Å². The molecule has 0 radical (unpaired) electrons. The Morgan fingerprint density at radius 1 is 1.32 bits per heavy atom. The molecule has 0 saturated heterocycles. The Morgan fingerprint density at radius 2 is 2.09 bits per heavy atom. The minimum Gasteiger partial charge on any atom is -0.324 e. The van der Waals surface area contributed by atoms with E-state index in [4.69, 9.17) is 0 Å². The molecule has 7 nitrogen and oxygen atoms in total. The Morgan fingerprint density at radius 3 is 2.73 bits per heavy atom. The van der Waals surface area contributed by atoms with E-state index in [9.17, 15) is 4.79 Å². The highest BCUT2D eigenvalue weighted by atomic mass is 16.1. The molecule has 2 aromatic rings. The van der Waals surface area contributed by atoms with Crippen molar-refractivity contribution in [1.82, 2.24) is 25.9 Å². The van der Waals surface area contributed by atoms with Crippen LogP contribution in [0.5, 0.6) is 0 Å². The number of aromatic nitrogens is 4. The number of nitrogens with one attached hydrogen (secondary N) is 3. The minimum absolute atomic E-state index is 0.0912. The number of para-hydroxylation sites is 1. The van der Waals surface area contributed by atoms with Gasteiger partial charge < -0.3 is 5.32 Å². The molecule has 1 aromatic heterocycles. The Hall–Kier alpha value is -2.28. The van der Waals surface area contributed by atoms with Crippen LogP contribution in [0, 0.1) is 6.92 Å². The van der Waals surface area contributed by atoms with Crippen LogP contribution in [0.2, 0.25) is 0 Å². The smallest absolute Gasteiger partial charge is 0.238 e. The van der Waals surface area contributed by atoms with Crippen molar-refractivity contribution in [2.45, 2.75) is 39.7 Å². The number of anilines is 1. The fourth-order valence-electron chi connectivity index (χ4n) is 2.22. The van der Waals surface area contributed by atoms with Crippen molar-refractivity contribution >= 4 is 11.6 Å². The van der Waals surface area contributed by atoms with Gasteiger partial charge in [-0.25, -0.2) is 0 Å². The topological polar surface area (TPSA) is 95.6 Å². The number of amides is 1. The van der Waals surface area contributed by atoms with Crippen LogP contribution >= 0.6 is 0 Å². The summed E-state index contributed by atoms with van der Waals surface area (Å²) in [6.45, 7) is 8.28. The Bertz CT molecular complexity index is 623. The van der Waals surface area contributed by atoms with Gasteiger partial charge in [-0.15, -0.1) is 10.2 Å². The summed E-state index contributed by atoms with van der Waals surface area (Å²) in [7, 11) is 0. The zero-order chi connectivity index (χ0) is 16.1.